The third-order valence-corrected chi connectivity index (χ3v) is 4.47. The smallest absolute Gasteiger partial charge is 0.408 e. The maximum atomic E-state index is 12.7. The molecule has 1 unspecified atom stereocenters. The van der Waals surface area contributed by atoms with Crippen molar-refractivity contribution in [3.05, 3.63) is 71.8 Å². The van der Waals surface area contributed by atoms with Gasteiger partial charge in [0, 0.05) is 4.11 Å². The summed E-state index contributed by atoms with van der Waals surface area (Å²) in [4.78, 5) is 49.5. The zero-order valence-electron chi connectivity index (χ0n) is 22.5. The number of carbonyl (C=O) groups is 4. The maximum Gasteiger partial charge on any atom is 0.408 e. The van der Waals surface area contributed by atoms with Gasteiger partial charge in [0.2, 0.25) is 6.10 Å². The lowest BCUT2D eigenvalue weighted by molar-refractivity contribution is -0.167. The van der Waals surface area contributed by atoms with E-state index in [0.29, 0.717) is 5.56 Å². The van der Waals surface area contributed by atoms with Crippen LogP contribution in [0, 0.1) is 0 Å². The van der Waals surface area contributed by atoms with Gasteiger partial charge in [-0.2, -0.15) is 0 Å². The van der Waals surface area contributed by atoms with Crippen molar-refractivity contribution in [2.24, 2.45) is 0 Å². The van der Waals surface area contributed by atoms with Gasteiger partial charge in [0.05, 0.1) is 0 Å². The van der Waals surface area contributed by atoms with Gasteiger partial charge in [0.25, 0.3) is 0 Å². The van der Waals surface area contributed by atoms with Crippen LogP contribution >= 0.6 is 0 Å². The van der Waals surface area contributed by atoms with Crippen LogP contribution in [0.1, 0.15) is 48.9 Å². The molecule has 35 heavy (non-hydrogen) atoms. The van der Waals surface area contributed by atoms with Gasteiger partial charge in [-0.05, 0) is 38.8 Å². The molecule has 0 aliphatic heterocycles. The van der Waals surface area contributed by atoms with Crippen LogP contribution in [0.5, 0.6) is 0 Å². The molecule has 188 valence electrons. The predicted molar refractivity (Wildman–Crippen MR) is 125 cm³/mol. The van der Waals surface area contributed by atoms with Crippen LogP contribution in [0.25, 0.3) is 0 Å². The molecule has 0 saturated carbocycles. The summed E-state index contributed by atoms with van der Waals surface area (Å²) in [5.41, 5.74) is -0.944. The molecule has 10 heteroatoms. The van der Waals surface area contributed by atoms with Crippen molar-refractivity contribution in [2.75, 3.05) is 0 Å². The first-order chi connectivity index (χ1) is 17.7. The molecule has 2 aromatic rings. The zero-order valence-corrected chi connectivity index (χ0v) is 19.5. The monoisotopic (exact) mass is 489 g/mol. The predicted octanol–water partition coefficient (Wildman–Crippen LogP) is 3.56. The van der Waals surface area contributed by atoms with E-state index in [0.717, 1.165) is 0 Å². The summed E-state index contributed by atoms with van der Waals surface area (Å²) in [6.45, 7) is 0.900. The number of carboxylic acids is 1. The lowest BCUT2D eigenvalue weighted by atomic mass is 10.0. The van der Waals surface area contributed by atoms with E-state index in [-0.39, 0.29) is 12.2 Å². The molecule has 0 aliphatic rings. The fraction of sp³-hybridized carbons (Fsp3) is 0.360. The molecule has 0 saturated heterocycles. The van der Waals surface area contributed by atoms with E-state index in [1.807, 2.05) is 0 Å². The largest absolute Gasteiger partial charge is 0.478 e. The highest BCUT2D eigenvalue weighted by atomic mass is 16.6. The van der Waals surface area contributed by atoms with Crippen LogP contribution in [0.4, 0.5) is 9.59 Å². The minimum absolute atomic E-state index is 0.0547. The molecule has 10 nitrogen and oxygen atoms in total. The van der Waals surface area contributed by atoms with E-state index in [9.17, 15) is 24.3 Å². The number of alkyl carbamates (subject to hydrolysis) is 2. The number of aliphatic carboxylic acids is 1. The van der Waals surface area contributed by atoms with Crippen LogP contribution in [-0.2, 0) is 30.4 Å². The van der Waals surface area contributed by atoms with E-state index in [4.69, 9.17) is 18.3 Å². The Bertz CT molecular complexity index is 1110. The second-order valence-corrected chi connectivity index (χ2v) is 8.06. The molecule has 3 N–H and O–H groups in total. The third kappa shape index (κ3) is 9.36. The molecular weight excluding hydrogens is 456 g/mol. The van der Waals surface area contributed by atoms with Crippen LogP contribution in [-0.4, -0.2) is 47.0 Å². The molecule has 0 heterocycles. The van der Waals surface area contributed by atoms with Crippen molar-refractivity contribution in [1.82, 2.24) is 10.6 Å². The summed E-state index contributed by atoms with van der Waals surface area (Å²) >= 11 is 0. The normalized spacial score (nSPS) is 15.1. The molecule has 2 aromatic carbocycles. The van der Waals surface area contributed by atoms with Crippen molar-refractivity contribution in [3.63, 3.8) is 0 Å². The Morgan fingerprint density at radius 2 is 1.57 bits per heavy atom. The van der Waals surface area contributed by atoms with Crippen LogP contribution in [0.3, 0.4) is 0 Å². The van der Waals surface area contributed by atoms with Gasteiger partial charge < -0.3 is 30.0 Å². The number of hydrogen-bond acceptors (Lipinski definition) is 7. The lowest BCUT2D eigenvalue weighted by Crippen LogP contribution is -2.47. The van der Waals surface area contributed by atoms with Gasteiger partial charge in [-0.1, -0.05) is 60.7 Å². The standard InChI is InChI=1S/C25H30N2O8/c1-16(26-23(31)33-15-17-11-7-5-8-12-17)22(30)34-20(21(28)29)19(18-13-9-6-10-14-18)27-24(32)35-25(2,3)4/h5-14,16,19-20H,15H2,1-4H3,(H,26,31)(H,27,32)(H,28,29)/t16?,19-,20+/m0/s1/i2D3. The third-order valence-electron chi connectivity index (χ3n) is 4.47. The summed E-state index contributed by atoms with van der Waals surface area (Å²) < 4.78 is 37.8. The number of benzene rings is 2. The fourth-order valence-corrected chi connectivity index (χ4v) is 2.87. The quantitative estimate of drug-likeness (QED) is 0.359. The second kappa shape index (κ2) is 12.4. The van der Waals surface area contributed by atoms with Gasteiger partial charge >= 0.3 is 24.1 Å². The van der Waals surface area contributed by atoms with Gasteiger partial charge in [-0.25, -0.2) is 19.2 Å². The molecule has 0 aliphatic carbocycles. The van der Waals surface area contributed by atoms with Crippen LogP contribution in [0.2, 0.25) is 0 Å². The van der Waals surface area contributed by atoms with Crippen molar-refractivity contribution in [1.29, 1.82) is 0 Å². The Labute approximate surface area is 207 Å². The topological polar surface area (TPSA) is 140 Å². The lowest BCUT2D eigenvalue weighted by Gasteiger charge is -2.28. The average molecular weight is 490 g/mol. The number of amides is 2. The number of carbonyl (C=O) groups excluding carboxylic acids is 3. The summed E-state index contributed by atoms with van der Waals surface area (Å²) in [6.07, 6.45) is -4.13. The summed E-state index contributed by atoms with van der Waals surface area (Å²) in [5.74, 6) is -2.73. The van der Waals surface area contributed by atoms with Crippen LogP contribution < -0.4 is 10.6 Å². The van der Waals surface area contributed by atoms with E-state index in [1.165, 1.54) is 32.9 Å². The maximum absolute atomic E-state index is 12.7. The number of ether oxygens (including phenoxy) is 3. The molecule has 2 amide bonds. The van der Waals surface area contributed by atoms with E-state index >= 15 is 0 Å². The fourth-order valence-electron chi connectivity index (χ4n) is 2.87. The Morgan fingerprint density at radius 1 is 0.971 bits per heavy atom. The first-order valence-corrected chi connectivity index (χ1v) is 10.7. The van der Waals surface area contributed by atoms with Gasteiger partial charge in [0.15, 0.2) is 0 Å². The highest BCUT2D eigenvalue weighted by molar-refractivity contribution is 5.84. The second-order valence-electron chi connectivity index (χ2n) is 8.06. The molecule has 0 bridgehead atoms. The van der Waals surface area contributed by atoms with Gasteiger partial charge in [0.1, 0.15) is 24.3 Å². The number of esters is 1. The van der Waals surface area contributed by atoms with Crippen molar-refractivity contribution >= 4 is 24.1 Å². The molecule has 2 rings (SSSR count). The van der Waals surface area contributed by atoms with Gasteiger partial charge in [-0.15, -0.1) is 0 Å². The van der Waals surface area contributed by atoms with Crippen molar-refractivity contribution < 1.29 is 42.6 Å². The van der Waals surface area contributed by atoms with E-state index < -0.39 is 54.8 Å². The Hall–Kier alpha value is -4.08. The zero-order chi connectivity index (χ0) is 28.5. The highest BCUT2D eigenvalue weighted by Gasteiger charge is 2.36. The number of carboxylic acid groups (broad SMARTS) is 1. The highest BCUT2D eigenvalue weighted by Crippen LogP contribution is 2.21. The molecule has 0 fully saturated rings. The summed E-state index contributed by atoms with van der Waals surface area (Å²) in [6, 6.07) is 13.8. The summed E-state index contributed by atoms with van der Waals surface area (Å²) in [7, 11) is 0. The SMILES string of the molecule is [2H]C([2H])([2H])C(C)(C)OC(=O)N[C@@H](c1ccccc1)[C@@H](OC(=O)C(C)NC(=O)OCc1ccccc1)C(=O)O. The first-order valence-electron chi connectivity index (χ1n) is 12.2. The van der Waals surface area contributed by atoms with Crippen molar-refractivity contribution in [3.8, 4) is 0 Å². The minimum Gasteiger partial charge on any atom is -0.478 e. The molecule has 0 spiro atoms. The van der Waals surface area contributed by atoms with Crippen LogP contribution in [0.15, 0.2) is 60.7 Å². The Morgan fingerprint density at radius 3 is 2.14 bits per heavy atom. The van der Waals surface area contributed by atoms with E-state index in [2.05, 4.69) is 10.6 Å². The number of rotatable bonds is 9. The number of nitrogens with one attached hydrogen (secondary N) is 2. The number of hydrogen-bond donors (Lipinski definition) is 3. The summed E-state index contributed by atoms with van der Waals surface area (Å²) in [5, 5.41) is 14.4. The average Bonchev–Trinajstić information content (AvgIpc) is 2.84. The molecular formula is C25H30N2O8. The van der Waals surface area contributed by atoms with Crippen molar-refractivity contribution in [2.45, 2.75) is 58.0 Å². The Balaban J connectivity index is 2.13. The molecule has 0 radical (unpaired) electrons. The van der Waals surface area contributed by atoms with E-state index in [1.54, 1.807) is 48.5 Å². The molecule has 0 aromatic heterocycles. The minimum atomic E-state index is -2.67. The Kier molecular flexibility index (Phi) is 8.04. The first kappa shape index (κ1) is 22.7. The molecule has 3 atom stereocenters. The van der Waals surface area contributed by atoms with Gasteiger partial charge in [-0.3, -0.25) is 0 Å².